The largest absolute Gasteiger partial charge is 0.462 e. The van der Waals surface area contributed by atoms with Crippen molar-refractivity contribution in [1.82, 2.24) is 0 Å². The zero-order chi connectivity index (χ0) is 14.1. The van der Waals surface area contributed by atoms with E-state index in [1.54, 1.807) is 0 Å². The van der Waals surface area contributed by atoms with E-state index in [0.717, 1.165) is 25.0 Å². The van der Waals surface area contributed by atoms with Crippen molar-refractivity contribution >= 4 is 11.9 Å². The highest BCUT2D eigenvalue weighted by Gasteiger charge is 2.14. The molecule has 0 spiro atoms. The quantitative estimate of drug-likeness (QED) is 0.549. The Bertz CT molecular complexity index is 314. The predicted octanol–water partition coefficient (Wildman–Crippen LogP) is 2.87. The molecule has 0 amide bonds. The number of ether oxygens (including phenoxy) is 2. The van der Waals surface area contributed by atoms with Crippen LogP contribution in [0.15, 0.2) is 12.2 Å². The lowest BCUT2D eigenvalue weighted by molar-refractivity contribution is -0.141. The van der Waals surface area contributed by atoms with Crippen LogP contribution in [0.2, 0.25) is 0 Å². The minimum Gasteiger partial charge on any atom is -0.462 e. The molecule has 0 bridgehead atoms. The molecule has 0 radical (unpaired) electrons. The van der Waals surface area contributed by atoms with Crippen molar-refractivity contribution in [2.75, 3.05) is 13.2 Å². The fraction of sp³-hybridized carbons (Fsp3) is 0.733. The van der Waals surface area contributed by atoms with E-state index < -0.39 is 11.9 Å². The van der Waals surface area contributed by atoms with Gasteiger partial charge in [-0.2, -0.15) is 0 Å². The van der Waals surface area contributed by atoms with Crippen molar-refractivity contribution < 1.29 is 19.1 Å². The number of carbonyl (C=O) groups excluding carboxylic acids is 2. The molecule has 1 fully saturated rings. The van der Waals surface area contributed by atoms with Crippen LogP contribution in [-0.2, 0) is 19.1 Å². The van der Waals surface area contributed by atoms with E-state index in [0.29, 0.717) is 19.1 Å². The highest BCUT2D eigenvalue weighted by Crippen LogP contribution is 2.23. The smallest absolute Gasteiger partial charge is 0.331 e. The van der Waals surface area contributed by atoms with Gasteiger partial charge < -0.3 is 9.47 Å². The van der Waals surface area contributed by atoms with E-state index in [-0.39, 0.29) is 5.92 Å². The normalized spacial score (nSPS) is 16.8. The van der Waals surface area contributed by atoms with Gasteiger partial charge in [0, 0.05) is 12.2 Å². The van der Waals surface area contributed by atoms with Gasteiger partial charge in [-0.1, -0.05) is 33.1 Å². The van der Waals surface area contributed by atoms with Gasteiger partial charge >= 0.3 is 11.9 Å². The van der Waals surface area contributed by atoms with Crippen molar-refractivity contribution in [2.45, 2.75) is 46.0 Å². The molecule has 1 aliphatic carbocycles. The Balaban J connectivity index is 2.16. The van der Waals surface area contributed by atoms with E-state index in [9.17, 15) is 9.59 Å². The summed E-state index contributed by atoms with van der Waals surface area (Å²) in [6, 6.07) is 0. The van der Waals surface area contributed by atoms with Crippen molar-refractivity contribution in [2.24, 2.45) is 11.8 Å². The summed E-state index contributed by atoms with van der Waals surface area (Å²) in [5.41, 5.74) is 0. The fourth-order valence-electron chi connectivity index (χ4n) is 2.03. The maximum Gasteiger partial charge on any atom is 0.331 e. The van der Waals surface area contributed by atoms with E-state index in [2.05, 4.69) is 0 Å². The third-order valence-corrected chi connectivity index (χ3v) is 3.10. The molecular formula is C15H24O4. The molecule has 1 saturated carbocycles. The summed E-state index contributed by atoms with van der Waals surface area (Å²) in [5.74, 6) is -0.190. The number of hydrogen-bond donors (Lipinski definition) is 0. The Morgan fingerprint density at radius 1 is 1.05 bits per heavy atom. The van der Waals surface area contributed by atoms with E-state index >= 15 is 0 Å². The van der Waals surface area contributed by atoms with Gasteiger partial charge in [-0.05, 0) is 24.7 Å². The van der Waals surface area contributed by atoms with E-state index in [1.807, 2.05) is 13.8 Å². The first-order valence-electron chi connectivity index (χ1n) is 7.09. The monoisotopic (exact) mass is 268 g/mol. The molecule has 0 saturated heterocycles. The third kappa shape index (κ3) is 7.65. The highest BCUT2D eigenvalue weighted by molar-refractivity contribution is 5.91. The third-order valence-electron chi connectivity index (χ3n) is 3.10. The lowest BCUT2D eigenvalue weighted by Crippen LogP contribution is -2.16. The van der Waals surface area contributed by atoms with E-state index in [4.69, 9.17) is 9.47 Å². The van der Waals surface area contributed by atoms with Gasteiger partial charge in [0.2, 0.25) is 0 Å². The first kappa shape index (κ1) is 15.7. The van der Waals surface area contributed by atoms with Crippen molar-refractivity contribution in [3.63, 3.8) is 0 Å². The fourth-order valence-corrected chi connectivity index (χ4v) is 2.03. The maximum atomic E-state index is 11.4. The Morgan fingerprint density at radius 3 is 2.21 bits per heavy atom. The molecule has 0 unspecified atom stereocenters. The van der Waals surface area contributed by atoms with Gasteiger partial charge in [0.1, 0.15) is 0 Å². The molecule has 4 nitrogen and oxygen atoms in total. The molecule has 0 heterocycles. The summed E-state index contributed by atoms with van der Waals surface area (Å²) in [6.07, 6.45) is 8.27. The lowest BCUT2D eigenvalue weighted by Gasteiger charge is -2.20. The molecule has 108 valence electrons. The summed E-state index contributed by atoms with van der Waals surface area (Å²) in [4.78, 5) is 22.7. The standard InChI is InChI=1S/C15H24O4/c1-12(2)10-18-14(16)8-9-15(17)19-11-13-6-4-3-5-7-13/h8-9,12-13H,3-7,10-11H2,1-2H3/b9-8+. The Morgan fingerprint density at radius 2 is 1.63 bits per heavy atom. The predicted molar refractivity (Wildman–Crippen MR) is 72.5 cm³/mol. The van der Waals surface area contributed by atoms with Crippen molar-refractivity contribution in [1.29, 1.82) is 0 Å². The second-order valence-electron chi connectivity index (χ2n) is 5.49. The highest BCUT2D eigenvalue weighted by atomic mass is 16.5. The van der Waals surface area contributed by atoms with Gasteiger partial charge in [0.25, 0.3) is 0 Å². The van der Waals surface area contributed by atoms with Crippen molar-refractivity contribution in [3.8, 4) is 0 Å². The summed E-state index contributed by atoms with van der Waals surface area (Å²) in [5, 5.41) is 0. The van der Waals surface area contributed by atoms with Crippen LogP contribution < -0.4 is 0 Å². The van der Waals surface area contributed by atoms with Crippen molar-refractivity contribution in [3.05, 3.63) is 12.2 Å². The van der Waals surface area contributed by atoms with Crippen LogP contribution in [0.4, 0.5) is 0 Å². The molecule has 4 heteroatoms. The molecule has 19 heavy (non-hydrogen) atoms. The van der Waals surface area contributed by atoms with Gasteiger partial charge in [-0.3, -0.25) is 0 Å². The second-order valence-corrected chi connectivity index (χ2v) is 5.49. The number of rotatable bonds is 6. The van der Waals surface area contributed by atoms with Crippen LogP contribution in [0, 0.1) is 11.8 Å². The molecule has 0 N–H and O–H groups in total. The SMILES string of the molecule is CC(C)COC(=O)/C=C/C(=O)OCC1CCCCC1. The lowest BCUT2D eigenvalue weighted by atomic mass is 9.90. The first-order valence-corrected chi connectivity index (χ1v) is 7.09. The van der Waals surface area contributed by atoms with Crippen LogP contribution in [0.5, 0.6) is 0 Å². The molecular weight excluding hydrogens is 244 g/mol. The molecule has 0 aromatic carbocycles. The Hall–Kier alpha value is -1.32. The Labute approximate surface area is 115 Å². The molecule has 1 aliphatic rings. The van der Waals surface area contributed by atoms with Crippen LogP contribution in [0.25, 0.3) is 0 Å². The van der Waals surface area contributed by atoms with Crippen LogP contribution in [0.3, 0.4) is 0 Å². The minimum atomic E-state index is -0.497. The average Bonchev–Trinajstić information content (AvgIpc) is 2.41. The summed E-state index contributed by atoms with van der Waals surface area (Å²) in [6.45, 7) is 4.73. The second kappa shape index (κ2) is 8.73. The van der Waals surface area contributed by atoms with E-state index in [1.165, 1.54) is 19.3 Å². The maximum absolute atomic E-state index is 11.4. The van der Waals surface area contributed by atoms with Gasteiger partial charge in [0.15, 0.2) is 0 Å². The summed E-state index contributed by atoms with van der Waals surface area (Å²) in [7, 11) is 0. The minimum absolute atomic E-state index is 0.288. The van der Waals surface area contributed by atoms with Gasteiger partial charge in [0.05, 0.1) is 13.2 Å². The zero-order valence-electron chi connectivity index (χ0n) is 11.9. The number of esters is 2. The first-order chi connectivity index (χ1) is 9.08. The number of hydrogen-bond acceptors (Lipinski definition) is 4. The van der Waals surface area contributed by atoms with Crippen LogP contribution in [-0.4, -0.2) is 25.2 Å². The molecule has 0 aromatic heterocycles. The molecule has 0 aliphatic heterocycles. The molecule has 0 aromatic rings. The summed E-state index contributed by atoms with van der Waals surface area (Å²) < 4.78 is 10.0. The topological polar surface area (TPSA) is 52.6 Å². The van der Waals surface area contributed by atoms with Crippen LogP contribution >= 0.6 is 0 Å². The zero-order valence-corrected chi connectivity index (χ0v) is 11.9. The van der Waals surface area contributed by atoms with Gasteiger partial charge in [-0.25, -0.2) is 9.59 Å². The molecule has 1 rings (SSSR count). The number of carbonyl (C=O) groups is 2. The Kier molecular flexibility index (Phi) is 7.23. The van der Waals surface area contributed by atoms with Gasteiger partial charge in [-0.15, -0.1) is 0 Å². The average molecular weight is 268 g/mol. The van der Waals surface area contributed by atoms with Crippen LogP contribution in [0.1, 0.15) is 46.0 Å². The summed E-state index contributed by atoms with van der Waals surface area (Å²) >= 11 is 0. The molecule has 0 atom stereocenters.